The van der Waals surface area contributed by atoms with Gasteiger partial charge in [-0.2, -0.15) is 0 Å². The summed E-state index contributed by atoms with van der Waals surface area (Å²) in [4.78, 5) is 8.73. The smallest absolute Gasteiger partial charge is 0.211 e. The highest BCUT2D eigenvalue weighted by atomic mass is 32.2. The molecule has 12 atom stereocenters. The van der Waals surface area contributed by atoms with Crippen molar-refractivity contribution in [3.05, 3.63) is 131 Å². The third-order valence-corrected chi connectivity index (χ3v) is 22.3. The third kappa shape index (κ3) is 6.26. The van der Waals surface area contributed by atoms with Gasteiger partial charge in [-0.15, -0.1) is 0 Å². The summed E-state index contributed by atoms with van der Waals surface area (Å²) in [6.45, 7) is 5.06. The Labute approximate surface area is 404 Å². The quantitative estimate of drug-likeness (QED) is 0.213. The molecule has 2 unspecified atom stereocenters. The molecule has 6 fully saturated rings. The molecule has 14 rings (SSSR count). The van der Waals surface area contributed by atoms with Crippen molar-refractivity contribution in [1.82, 2.24) is 19.6 Å². The Hall–Kier alpha value is -3.99. The molecule has 6 aliphatic carbocycles. The van der Waals surface area contributed by atoms with Gasteiger partial charge in [-0.05, 0) is 213 Å². The Morgan fingerprint density at radius 1 is 0.647 bits per heavy atom. The van der Waals surface area contributed by atoms with Crippen molar-refractivity contribution < 1.29 is 17.9 Å². The number of sulfonamides is 1. The van der Waals surface area contributed by atoms with Crippen LogP contribution in [-0.2, 0) is 19.5 Å². The zero-order valence-corrected chi connectivity index (χ0v) is 41.7. The number of rotatable bonds is 5. The Kier molecular flexibility index (Phi) is 9.87. The molecule has 9 heteroatoms. The van der Waals surface area contributed by atoms with E-state index in [1.54, 1.807) is 16.9 Å². The molecular formula is C59H70N4O4S. The average molecular weight is 931 g/mol. The second kappa shape index (κ2) is 15.3. The maximum atomic E-state index is 12.3. The zero-order valence-electron chi connectivity index (χ0n) is 40.9. The van der Waals surface area contributed by atoms with Gasteiger partial charge in [0, 0.05) is 54.7 Å². The van der Waals surface area contributed by atoms with E-state index >= 15 is 0 Å². The molecule has 4 spiro atoms. The fraction of sp³-hybridized carbons (Fsp3) is 0.559. The van der Waals surface area contributed by atoms with Gasteiger partial charge in [0.2, 0.25) is 10.0 Å². The second-order valence-electron chi connectivity index (χ2n) is 23.8. The van der Waals surface area contributed by atoms with Crippen molar-refractivity contribution in [1.29, 1.82) is 0 Å². The van der Waals surface area contributed by atoms with E-state index < -0.39 is 10.0 Å². The topological polar surface area (TPSA) is 93.7 Å². The Morgan fingerprint density at radius 2 is 1.16 bits per heavy atom. The number of fused-ring (bicyclic) bond motifs is 4. The van der Waals surface area contributed by atoms with Gasteiger partial charge in [0.1, 0.15) is 0 Å². The van der Waals surface area contributed by atoms with E-state index in [4.69, 9.17) is 9.47 Å². The molecule has 0 amide bonds. The van der Waals surface area contributed by atoms with Crippen LogP contribution in [0.3, 0.4) is 0 Å². The fourth-order valence-electron chi connectivity index (χ4n) is 17.4. The molecule has 4 aromatic rings. The van der Waals surface area contributed by atoms with E-state index in [0.717, 1.165) is 44.9 Å². The van der Waals surface area contributed by atoms with Crippen LogP contribution in [0.1, 0.15) is 140 Å². The second-order valence-corrected chi connectivity index (χ2v) is 25.8. The lowest BCUT2D eigenvalue weighted by molar-refractivity contribution is -0.138. The van der Waals surface area contributed by atoms with Gasteiger partial charge < -0.3 is 14.8 Å². The summed E-state index contributed by atoms with van der Waals surface area (Å²) in [6, 6.07) is 18.8. The van der Waals surface area contributed by atoms with Crippen LogP contribution in [0.25, 0.3) is 21.5 Å². The first-order valence-electron chi connectivity index (χ1n) is 26.2. The summed E-state index contributed by atoms with van der Waals surface area (Å²) in [6.07, 6.45) is 37.0. The minimum Gasteiger partial charge on any atom is -0.359 e. The molecule has 68 heavy (non-hydrogen) atoms. The number of allylic oxidation sites excluding steroid dienone is 2. The van der Waals surface area contributed by atoms with E-state index in [1.165, 1.54) is 113 Å². The number of aromatic nitrogens is 2. The van der Waals surface area contributed by atoms with Crippen LogP contribution in [0.15, 0.2) is 120 Å². The number of benzene rings is 2. The Balaban J connectivity index is 0.000000135. The van der Waals surface area contributed by atoms with Crippen LogP contribution < -0.4 is 5.32 Å². The van der Waals surface area contributed by atoms with Crippen LogP contribution >= 0.6 is 0 Å². The molecule has 1 N–H and O–H groups in total. The van der Waals surface area contributed by atoms with Gasteiger partial charge >= 0.3 is 0 Å². The van der Waals surface area contributed by atoms with Gasteiger partial charge in [-0.25, -0.2) is 12.7 Å². The summed E-state index contributed by atoms with van der Waals surface area (Å²) >= 11 is 0. The largest absolute Gasteiger partial charge is 0.359 e. The fourth-order valence-corrected chi connectivity index (χ4v) is 18.1. The highest BCUT2D eigenvalue weighted by Crippen LogP contribution is 2.71. The van der Waals surface area contributed by atoms with E-state index in [9.17, 15) is 8.42 Å². The minimum absolute atomic E-state index is 0.00573. The molecular weight excluding hydrogens is 861 g/mol. The molecule has 2 aromatic heterocycles. The van der Waals surface area contributed by atoms with Crippen molar-refractivity contribution in [2.45, 2.75) is 163 Å². The van der Waals surface area contributed by atoms with Crippen LogP contribution in [0.4, 0.5) is 0 Å². The van der Waals surface area contributed by atoms with E-state index in [0.29, 0.717) is 29.7 Å². The lowest BCUT2D eigenvalue weighted by atomic mass is 9.58. The van der Waals surface area contributed by atoms with Gasteiger partial charge in [0.05, 0.1) is 28.7 Å². The molecule has 10 aliphatic rings. The SMILES string of the molecule is CN([C@@H]1CCC2=CC3=CC[C@]4(C)[C@@H](c5ccc6ccncc6c5)CC[C@H]4C34CC[C@]2(C1)O4)S(C)(=O)=O.CN[C@@H]1CCC2=CC3=CC[C@]4(C)[C@@H](c5ccc6ccncc6c5)CC[C@H]4C34CC[C@]2(C1)O4. The summed E-state index contributed by atoms with van der Waals surface area (Å²) in [7, 11) is 0.635. The lowest BCUT2D eigenvalue weighted by Crippen LogP contribution is -2.55. The van der Waals surface area contributed by atoms with Gasteiger partial charge in [0.15, 0.2) is 0 Å². The predicted octanol–water partition coefficient (Wildman–Crippen LogP) is 11.8. The Bertz CT molecular complexity index is 3000. The number of pyridine rings is 2. The van der Waals surface area contributed by atoms with Gasteiger partial charge in [0.25, 0.3) is 0 Å². The van der Waals surface area contributed by atoms with Crippen molar-refractivity contribution in [3.8, 4) is 0 Å². The number of hydrogen-bond acceptors (Lipinski definition) is 7. The molecule has 4 saturated carbocycles. The third-order valence-electron chi connectivity index (χ3n) is 20.9. The first-order valence-corrected chi connectivity index (χ1v) is 28.1. The van der Waals surface area contributed by atoms with Crippen LogP contribution in [0, 0.1) is 22.7 Å². The summed E-state index contributed by atoms with van der Waals surface area (Å²) in [5.74, 6) is 2.17. The molecule has 8 nitrogen and oxygen atoms in total. The van der Waals surface area contributed by atoms with Gasteiger partial charge in [-0.3, -0.25) is 9.97 Å². The molecule has 0 radical (unpaired) electrons. The van der Waals surface area contributed by atoms with Crippen LogP contribution in [0.2, 0.25) is 0 Å². The van der Waals surface area contributed by atoms with E-state index in [1.807, 2.05) is 24.8 Å². The van der Waals surface area contributed by atoms with Crippen LogP contribution in [0.5, 0.6) is 0 Å². The first-order chi connectivity index (χ1) is 32.7. The highest BCUT2D eigenvalue weighted by molar-refractivity contribution is 7.88. The summed E-state index contributed by atoms with van der Waals surface area (Å²) in [5.41, 5.74) is 8.66. The van der Waals surface area contributed by atoms with E-state index in [-0.39, 0.29) is 39.3 Å². The summed E-state index contributed by atoms with van der Waals surface area (Å²) < 4.78 is 40.9. The van der Waals surface area contributed by atoms with Crippen molar-refractivity contribution in [3.63, 3.8) is 0 Å². The average Bonchev–Trinajstić information content (AvgIpc) is 4.08. The number of hydrogen-bond donors (Lipinski definition) is 1. The maximum Gasteiger partial charge on any atom is 0.211 e. The minimum atomic E-state index is -3.22. The molecule has 2 saturated heterocycles. The van der Waals surface area contributed by atoms with Crippen molar-refractivity contribution in [2.75, 3.05) is 20.4 Å². The molecule has 6 heterocycles. The summed E-state index contributed by atoms with van der Waals surface area (Å²) in [5, 5.41) is 8.57. The number of ether oxygens (including phenoxy) is 2. The van der Waals surface area contributed by atoms with Crippen LogP contribution in [-0.4, -0.2) is 77.5 Å². The zero-order chi connectivity index (χ0) is 46.5. The number of nitrogens with one attached hydrogen (secondary N) is 1. The first kappa shape index (κ1) is 44.0. The van der Waals surface area contributed by atoms with Gasteiger partial charge in [-0.1, -0.05) is 62.4 Å². The van der Waals surface area contributed by atoms with E-state index in [2.05, 4.69) is 109 Å². The van der Waals surface area contributed by atoms with Crippen molar-refractivity contribution >= 4 is 31.6 Å². The normalized spacial score (nSPS) is 40.7. The highest BCUT2D eigenvalue weighted by Gasteiger charge is 2.68. The Morgan fingerprint density at radius 3 is 1.68 bits per heavy atom. The lowest BCUT2D eigenvalue weighted by Gasteiger charge is -2.54. The standard InChI is InChI=1S/C30H36N2O3S.C29H34N2O/c1-28-12-10-24-17-23-6-7-25(32(2)36(3,33)34)18-29(23)13-14-30(24,35-29)27(28)9-8-26(28)21-5-4-20-11-15-31-19-22(20)16-21;1-27-11-9-23-16-22-5-6-24(30-2)17-28(22)12-13-29(23,32-28)26(27)8-7-25(27)20-4-3-19-10-14-31-18-21(19)15-20/h4-5,10-11,15-17,19,25-27H,6-9,12-14,18H2,1-3H3;3-4,9-10,14-16,18,24-26,30H,5-8,11-13,17H2,1-2H3/t25-,26-,27-,28-,29-,30?;24-,25-,26-,27-,28-,29?/m11/s1. The molecule has 4 aliphatic heterocycles. The van der Waals surface area contributed by atoms with Crippen molar-refractivity contribution in [2.24, 2.45) is 22.7 Å². The number of nitrogens with zero attached hydrogens (tertiary/aromatic N) is 3. The maximum absolute atomic E-state index is 12.3. The monoisotopic (exact) mass is 931 g/mol. The molecule has 4 bridgehead atoms. The molecule has 356 valence electrons. The predicted molar refractivity (Wildman–Crippen MR) is 271 cm³/mol. The molecule has 2 aromatic carbocycles.